The van der Waals surface area contributed by atoms with E-state index in [2.05, 4.69) is 11.8 Å². The van der Waals surface area contributed by atoms with E-state index in [9.17, 15) is 4.79 Å². The fourth-order valence-corrected chi connectivity index (χ4v) is 2.87. The van der Waals surface area contributed by atoms with Gasteiger partial charge in [-0.15, -0.1) is 0 Å². The Hall–Kier alpha value is -2.86. The van der Waals surface area contributed by atoms with Crippen molar-refractivity contribution in [1.29, 1.82) is 0 Å². The SMILES string of the molecule is CCc1nc2cccc(C#CC3CC3)c2c(=O)n1-c1ccccc1. The van der Waals surface area contributed by atoms with Crippen LogP contribution in [-0.4, -0.2) is 9.55 Å². The fraction of sp³-hybridized carbons (Fsp3) is 0.238. The van der Waals surface area contributed by atoms with E-state index < -0.39 is 0 Å². The van der Waals surface area contributed by atoms with Gasteiger partial charge in [-0.2, -0.15) is 0 Å². The highest BCUT2D eigenvalue weighted by Gasteiger charge is 2.18. The molecule has 0 spiro atoms. The van der Waals surface area contributed by atoms with E-state index in [1.54, 1.807) is 4.57 Å². The highest BCUT2D eigenvalue weighted by atomic mass is 16.1. The second-order valence-electron chi connectivity index (χ2n) is 6.10. The van der Waals surface area contributed by atoms with Crippen LogP contribution in [-0.2, 0) is 6.42 Å². The molecule has 0 saturated heterocycles. The van der Waals surface area contributed by atoms with Gasteiger partial charge >= 0.3 is 0 Å². The molecule has 0 aliphatic heterocycles. The minimum absolute atomic E-state index is 0.0382. The second kappa shape index (κ2) is 5.98. The van der Waals surface area contributed by atoms with Crippen LogP contribution in [0.2, 0.25) is 0 Å². The molecule has 3 heteroatoms. The van der Waals surface area contributed by atoms with Gasteiger partial charge in [0.1, 0.15) is 5.82 Å². The third kappa shape index (κ3) is 2.61. The lowest BCUT2D eigenvalue weighted by atomic mass is 10.1. The smallest absolute Gasteiger partial charge is 0.267 e. The van der Waals surface area contributed by atoms with Gasteiger partial charge in [-0.25, -0.2) is 4.98 Å². The van der Waals surface area contributed by atoms with Crippen molar-refractivity contribution < 1.29 is 0 Å². The summed E-state index contributed by atoms with van der Waals surface area (Å²) in [5.74, 6) is 7.73. The number of rotatable bonds is 2. The van der Waals surface area contributed by atoms with E-state index in [0.29, 0.717) is 17.7 Å². The molecule has 118 valence electrons. The number of aryl methyl sites for hydroxylation is 1. The van der Waals surface area contributed by atoms with Gasteiger partial charge in [0.15, 0.2) is 0 Å². The van der Waals surface area contributed by atoms with Gasteiger partial charge in [0, 0.05) is 17.9 Å². The lowest BCUT2D eigenvalue weighted by Crippen LogP contribution is -2.24. The molecule has 1 saturated carbocycles. The molecule has 0 amide bonds. The van der Waals surface area contributed by atoms with Crippen molar-refractivity contribution in [3.05, 3.63) is 70.3 Å². The number of hydrogen-bond acceptors (Lipinski definition) is 2. The van der Waals surface area contributed by atoms with Crippen LogP contribution in [0.15, 0.2) is 53.3 Å². The highest BCUT2D eigenvalue weighted by molar-refractivity contribution is 5.84. The normalized spacial score (nSPS) is 13.5. The third-order valence-corrected chi connectivity index (χ3v) is 4.29. The van der Waals surface area contributed by atoms with Gasteiger partial charge in [0.25, 0.3) is 5.56 Å². The number of benzene rings is 2. The molecule has 4 rings (SSSR count). The van der Waals surface area contributed by atoms with E-state index in [-0.39, 0.29) is 5.56 Å². The predicted molar refractivity (Wildman–Crippen MR) is 96.3 cm³/mol. The Morgan fingerprint density at radius 1 is 1.12 bits per heavy atom. The summed E-state index contributed by atoms with van der Waals surface area (Å²) in [4.78, 5) is 18.0. The molecule has 0 radical (unpaired) electrons. The molecule has 0 atom stereocenters. The largest absolute Gasteiger partial charge is 0.268 e. The van der Waals surface area contributed by atoms with Gasteiger partial charge in [-0.3, -0.25) is 9.36 Å². The first-order valence-corrected chi connectivity index (χ1v) is 8.39. The summed E-state index contributed by atoms with van der Waals surface area (Å²) in [6.07, 6.45) is 3.03. The van der Waals surface area contributed by atoms with Crippen molar-refractivity contribution in [3.63, 3.8) is 0 Å². The van der Waals surface area contributed by atoms with Gasteiger partial charge in [-0.05, 0) is 37.1 Å². The Labute approximate surface area is 141 Å². The standard InChI is InChI=1S/C21H18N2O/c1-2-19-22-18-10-6-7-16(14-13-15-11-12-15)20(18)21(24)23(19)17-8-4-3-5-9-17/h3-10,15H,2,11-12H2,1H3. The Bertz CT molecular complexity index is 1020. The number of aromatic nitrogens is 2. The molecule has 3 nitrogen and oxygen atoms in total. The van der Waals surface area contributed by atoms with Gasteiger partial charge in [-0.1, -0.05) is 43.0 Å². The zero-order valence-electron chi connectivity index (χ0n) is 13.6. The van der Waals surface area contributed by atoms with E-state index in [4.69, 9.17) is 4.98 Å². The zero-order valence-corrected chi connectivity index (χ0v) is 13.6. The summed E-state index contributed by atoms with van der Waals surface area (Å²) in [6.45, 7) is 2.02. The maximum Gasteiger partial charge on any atom is 0.267 e. The molecular weight excluding hydrogens is 296 g/mol. The maximum atomic E-state index is 13.2. The third-order valence-electron chi connectivity index (χ3n) is 4.29. The Balaban J connectivity index is 2.02. The van der Waals surface area contributed by atoms with Gasteiger partial charge in [0.05, 0.1) is 16.6 Å². The molecule has 3 aromatic rings. The van der Waals surface area contributed by atoms with Crippen molar-refractivity contribution in [3.8, 4) is 17.5 Å². The maximum absolute atomic E-state index is 13.2. The highest BCUT2D eigenvalue weighted by Crippen LogP contribution is 2.28. The number of fused-ring (bicyclic) bond motifs is 1. The fourth-order valence-electron chi connectivity index (χ4n) is 2.87. The lowest BCUT2D eigenvalue weighted by Gasteiger charge is -2.13. The van der Waals surface area contributed by atoms with E-state index >= 15 is 0 Å². The summed E-state index contributed by atoms with van der Waals surface area (Å²) in [5.41, 5.74) is 2.32. The van der Waals surface area contributed by atoms with Gasteiger partial charge in [0.2, 0.25) is 0 Å². The van der Waals surface area contributed by atoms with Crippen LogP contribution in [0, 0.1) is 17.8 Å². The van der Waals surface area contributed by atoms with Crippen LogP contribution in [0.5, 0.6) is 0 Å². The first-order valence-electron chi connectivity index (χ1n) is 8.39. The van der Waals surface area contributed by atoms with Crippen molar-refractivity contribution in [1.82, 2.24) is 9.55 Å². The summed E-state index contributed by atoms with van der Waals surface area (Å²) in [6, 6.07) is 15.4. The van der Waals surface area contributed by atoms with Crippen molar-refractivity contribution in [2.24, 2.45) is 5.92 Å². The molecule has 24 heavy (non-hydrogen) atoms. The monoisotopic (exact) mass is 314 g/mol. The average Bonchev–Trinajstić information content (AvgIpc) is 3.44. The molecule has 1 aromatic heterocycles. The Morgan fingerprint density at radius 3 is 2.62 bits per heavy atom. The summed E-state index contributed by atoms with van der Waals surface area (Å²) >= 11 is 0. The Morgan fingerprint density at radius 2 is 1.92 bits per heavy atom. The first kappa shape index (κ1) is 14.7. The Kier molecular flexibility index (Phi) is 3.66. The summed E-state index contributed by atoms with van der Waals surface area (Å²) in [5, 5.41) is 0.617. The van der Waals surface area contributed by atoms with Crippen LogP contribution in [0.4, 0.5) is 0 Å². The number of para-hydroxylation sites is 1. The van der Waals surface area contributed by atoms with Crippen LogP contribution < -0.4 is 5.56 Å². The van der Waals surface area contributed by atoms with Crippen LogP contribution in [0.3, 0.4) is 0 Å². The average molecular weight is 314 g/mol. The topological polar surface area (TPSA) is 34.9 Å². The molecule has 1 heterocycles. The number of hydrogen-bond donors (Lipinski definition) is 0. The minimum Gasteiger partial charge on any atom is -0.268 e. The second-order valence-corrected chi connectivity index (χ2v) is 6.10. The minimum atomic E-state index is -0.0382. The van der Waals surface area contributed by atoms with Crippen LogP contribution in [0.25, 0.3) is 16.6 Å². The van der Waals surface area contributed by atoms with Gasteiger partial charge < -0.3 is 0 Å². The molecule has 2 aromatic carbocycles. The van der Waals surface area contributed by atoms with Crippen molar-refractivity contribution in [2.45, 2.75) is 26.2 Å². The molecule has 0 bridgehead atoms. The molecule has 1 fully saturated rings. The van der Waals surface area contributed by atoms with Crippen LogP contribution in [0.1, 0.15) is 31.2 Å². The molecule has 1 aliphatic rings. The molecule has 0 unspecified atom stereocenters. The molecule has 1 aliphatic carbocycles. The van der Waals surface area contributed by atoms with Crippen LogP contribution >= 0.6 is 0 Å². The lowest BCUT2D eigenvalue weighted by molar-refractivity contribution is 0.833. The molecular formula is C21H18N2O. The quantitative estimate of drug-likeness (QED) is 0.676. The van der Waals surface area contributed by atoms with E-state index in [0.717, 1.165) is 22.6 Å². The summed E-state index contributed by atoms with van der Waals surface area (Å²) < 4.78 is 1.71. The first-order chi connectivity index (χ1) is 11.8. The van der Waals surface area contributed by atoms with E-state index in [1.807, 2.05) is 55.5 Å². The summed E-state index contributed by atoms with van der Waals surface area (Å²) in [7, 11) is 0. The van der Waals surface area contributed by atoms with Crippen molar-refractivity contribution in [2.75, 3.05) is 0 Å². The zero-order chi connectivity index (χ0) is 16.5. The predicted octanol–water partition coefficient (Wildman–Crippen LogP) is 3.71. The van der Waals surface area contributed by atoms with E-state index in [1.165, 1.54) is 12.8 Å². The molecule has 0 N–H and O–H groups in total. The van der Waals surface area contributed by atoms with Crippen molar-refractivity contribution >= 4 is 10.9 Å². The number of nitrogens with zero attached hydrogens (tertiary/aromatic N) is 2.